The number of carbonyl (C=O) groups is 1. The number of anilines is 2. The molecular formula is C29H22N2O3. The fourth-order valence-corrected chi connectivity index (χ4v) is 4.33. The van der Waals surface area contributed by atoms with Gasteiger partial charge in [-0.1, -0.05) is 72.8 Å². The van der Waals surface area contributed by atoms with Gasteiger partial charge in [-0.05, 0) is 42.3 Å². The van der Waals surface area contributed by atoms with Crippen molar-refractivity contribution in [2.45, 2.75) is 13.2 Å². The number of rotatable bonds is 4. The largest absolute Gasteiger partial charge is 0.464 e. The van der Waals surface area contributed by atoms with E-state index in [1.54, 1.807) is 0 Å². The van der Waals surface area contributed by atoms with Crippen molar-refractivity contribution in [2.24, 2.45) is 0 Å². The molecule has 0 aliphatic carbocycles. The van der Waals surface area contributed by atoms with Gasteiger partial charge in [0.2, 0.25) is 0 Å². The van der Waals surface area contributed by atoms with E-state index in [0.29, 0.717) is 17.0 Å². The highest BCUT2D eigenvalue weighted by molar-refractivity contribution is 6.06. The zero-order valence-electron chi connectivity index (χ0n) is 18.5. The second kappa shape index (κ2) is 8.12. The van der Waals surface area contributed by atoms with Gasteiger partial charge in [0.05, 0.1) is 5.69 Å². The van der Waals surface area contributed by atoms with E-state index in [0.717, 1.165) is 33.5 Å². The molecular weight excluding hydrogens is 424 g/mol. The fourth-order valence-electron chi connectivity index (χ4n) is 4.33. The van der Waals surface area contributed by atoms with Crippen LogP contribution in [0.2, 0.25) is 0 Å². The van der Waals surface area contributed by atoms with Gasteiger partial charge in [-0.25, -0.2) is 0 Å². The van der Waals surface area contributed by atoms with E-state index >= 15 is 0 Å². The molecule has 5 aromatic rings. The summed E-state index contributed by atoms with van der Waals surface area (Å²) in [5.41, 5.74) is 6.39. The number of aryl methyl sites for hydroxylation is 1. The normalized spacial score (nSPS) is 14.3. The Bertz CT molecular complexity index is 1500. The molecule has 4 aromatic carbocycles. The predicted molar refractivity (Wildman–Crippen MR) is 134 cm³/mol. The number of ether oxygens (including phenoxy) is 1. The van der Waals surface area contributed by atoms with E-state index in [4.69, 9.17) is 9.15 Å². The van der Waals surface area contributed by atoms with E-state index in [-0.39, 0.29) is 12.1 Å². The first-order valence-corrected chi connectivity index (χ1v) is 11.2. The summed E-state index contributed by atoms with van der Waals surface area (Å²) in [4.78, 5) is 12.9. The Balaban J connectivity index is 1.18. The van der Waals surface area contributed by atoms with Gasteiger partial charge < -0.3 is 19.8 Å². The molecule has 1 amide bonds. The van der Waals surface area contributed by atoms with E-state index < -0.39 is 0 Å². The Labute approximate surface area is 197 Å². The van der Waals surface area contributed by atoms with Gasteiger partial charge in [0.15, 0.2) is 12.0 Å². The molecule has 0 unspecified atom stereocenters. The van der Waals surface area contributed by atoms with Gasteiger partial charge in [0.1, 0.15) is 11.3 Å². The Morgan fingerprint density at radius 3 is 2.38 bits per heavy atom. The van der Waals surface area contributed by atoms with Crippen LogP contribution in [0.25, 0.3) is 22.1 Å². The lowest BCUT2D eigenvalue weighted by Crippen LogP contribution is -2.12. The third-order valence-electron chi connectivity index (χ3n) is 6.14. The van der Waals surface area contributed by atoms with E-state index in [1.807, 2.05) is 67.6 Å². The van der Waals surface area contributed by atoms with Gasteiger partial charge >= 0.3 is 0 Å². The van der Waals surface area contributed by atoms with Crippen LogP contribution in [0, 0.1) is 6.92 Å². The Morgan fingerprint density at radius 1 is 0.853 bits per heavy atom. The van der Waals surface area contributed by atoms with Crippen molar-refractivity contribution in [1.29, 1.82) is 0 Å². The average Bonchev–Trinajstić information content (AvgIpc) is 3.46. The fraction of sp³-hybridized carbons (Fsp3) is 0.0690. The molecule has 0 bridgehead atoms. The molecule has 5 nitrogen and oxygen atoms in total. The lowest BCUT2D eigenvalue weighted by Gasteiger charge is -2.12. The molecule has 0 spiro atoms. The summed E-state index contributed by atoms with van der Waals surface area (Å²) in [5.74, 6) is 0.790. The van der Waals surface area contributed by atoms with Gasteiger partial charge in [-0.15, -0.1) is 0 Å². The Morgan fingerprint density at radius 2 is 1.59 bits per heavy atom. The van der Waals surface area contributed by atoms with Crippen LogP contribution in [0.4, 0.5) is 11.4 Å². The van der Waals surface area contributed by atoms with Crippen LogP contribution in [-0.2, 0) is 0 Å². The maximum Gasteiger partial charge on any atom is 0.291 e. The molecule has 6 rings (SSSR count). The van der Waals surface area contributed by atoms with E-state index in [2.05, 4.69) is 47.0 Å². The van der Waals surface area contributed by atoms with Crippen LogP contribution in [0.15, 0.2) is 101 Å². The topological polar surface area (TPSA) is 63.5 Å². The quantitative estimate of drug-likeness (QED) is 0.307. The number of para-hydroxylation sites is 1. The van der Waals surface area contributed by atoms with Crippen molar-refractivity contribution in [3.05, 3.63) is 114 Å². The molecule has 1 aliphatic heterocycles. The van der Waals surface area contributed by atoms with Gasteiger partial charge in [0, 0.05) is 22.2 Å². The van der Waals surface area contributed by atoms with Crippen molar-refractivity contribution in [1.82, 2.24) is 0 Å². The maximum absolute atomic E-state index is 12.9. The number of carbonyl (C=O) groups excluding carboxylic acids is 1. The first kappa shape index (κ1) is 20.1. The van der Waals surface area contributed by atoms with E-state index in [1.165, 1.54) is 5.56 Å². The first-order valence-electron chi connectivity index (χ1n) is 11.2. The molecule has 0 saturated heterocycles. The monoisotopic (exact) mass is 446 g/mol. The third kappa shape index (κ3) is 3.57. The van der Waals surface area contributed by atoms with Crippen LogP contribution in [-0.4, -0.2) is 5.91 Å². The summed E-state index contributed by atoms with van der Waals surface area (Å²) in [7, 11) is 0. The molecule has 1 aromatic heterocycles. The zero-order chi connectivity index (χ0) is 23.1. The Kier molecular flexibility index (Phi) is 4.81. The van der Waals surface area contributed by atoms with Crippen molar-refractivity contribution < 1.29 is 13.9 Å². The van der Waals surface area contributed by atoms with Crippen LogP contribution >= 0.6 is 0 Å². The van der Waals surface area contributed by atoms with Crippen LogP contribution < -0.4 is 15.4 Å². The smallest absolute Gasteiger partial charge is 0.291 e. The van der Waals surface area contributed by atoms with Crippen LogP contribution in [0.3, 0.4) is 0 Å². The number of nitrogens with one attached hydrogen (secondary N) is 2. The second-order valence-corrected chi connectivity index (χ2v) is 8.35. The molecule has 0 fully saturated rings. The van der Waals surface area contributed by atoms with E-state index in [9.17, 15) is 4.79 Å². The molecule has 0 radical (unpaired) electrons. The summed E-state index contributed by atoms with van der Waals surface area (Å²) in [6, 6.07) is 31.8. The molecule has 2 N–H and O–H groups in total. The number of fused-ring (bicyclic) bond motifs is 2. The number of benzene rings is 4. The summed E-state index contributed by atoms with van der Waals surface area (Å²) in [6.45, 7) is 1.90. The second-order valence-electron chi connectivity index (χ2n) is 8.35. The van der Waals surface area contributed by atoms with Crippen molar-refractivity contribution >= 4 is 28.3 Å². The number of amides is 1. The summed E-state index contributed by atoms with van der Waals surface area (Å²) >= 11 is 0. The standard InChI is InChI=1S/C29H22N2O3/c1-18-23-9-5-6-10-25(23)33-27(18)28(32)30-22-15-16-26-24(17-22)31-29(34-26)21-13-11-20(12-14-21)19-7-3-2-4-8-19/h2-17,29,31H,1H3,(H,30,32)/t29-/m1/s1. The highest BCUT2D eigenvalue weighted by Gasteiger charge is 2.24. The van der Waals surface area contributed by atoms with Crippen LogP contribution in [0.1, 0.15) is 27.9 Å². The summed E-state index contributed by atoms with van der Waals surface area (Å²) < 4.78 is 11.9. The summed E-state index contributed by atoms with van der Waals surface area (Å²) in [6.07, 6.45) is -0.289. The number of furan rings is 1. The predicted octanol–water partition coefficient (Wildman–Crippen LogP) is 7.16. The van der Waals surface area contributed by atoms with Gasteiger partial charge in [0.25, 0.3) is 5.91 Å². The van der Waals surface area contributed by atoms with Crippen molar-refractivity contribution in [3.63, 3.8) is 0 Å². The molecule has 166 valence electrons. The molecule has 2 heterocycles. The van der Waals surface area contributed by atoms with Gasteiger partial charge in [-0.3, -0.25) is 4.79 Å². The zero-order valence-corrected chi connectivity index (χ0v) is 18.5. The lowest BCUT2D eigenvalue weighted by molar-refractivity contribution is 0.0998. The maximum atomic E-state index is 12.9. The first-order chi connectivity index (χ1) is 16.7. The SMILES string of the molecule is Cc1c(C(=O)Nc2ccc3c(c2)N[C@@H](c2ccc(-c4ccccc4)cc2)O3)oc2ccccc12. The lowest BCUT2D eigenvalue weighted by atomic mass is 10.0. The molecule has 34 heavy (non-hydrogen) atoms. The Hall–Kier alpha value is -4.51. The minimum atomic E-state index is -0.289. The van der Waals surface area contributed by atoms with Gasteiger partial charge in [-0.2, -0.15) is 0 Å². The molecule has 0 saturated carbocycles. The minimum Gasteiger partial charge on any atom is -0.464 e. The number of hydrogen-bond acceptors (Lipinski definition) is 4. The highest BCUT2D eigenvalue weighted by Crippen LogP contribution is 2.40. The minimum absolute atomic E-state index is 0.277. The molecule has 1 aliphatic rings. The summed E-state index contributed by atoms with van der Waals surface area (Å²) in [5, 5.41) is 7.28. The molecule has 5 heteroatoms. The third-order valence-corrected chi connectivity index (χ3v) is 6.14. The van der Waals surface area contributed by atoms with Crippen molar-refractivity contribution in [3.8, 4) is 16.9 Å². The number of hydrogen-bond donors (Lipinski definition) is 2. The molecule has 1 atom stereocenters. The van der Waals surface area contributed by atoms with Crippen molar-refractivity contribution in [2.75, 3.05) is 10.6 Å². The highest BCUT2D eigenvalue weighted by atomic mass is 16.5. The average molecular weight is 447 g/mol. The van der Waals surface area contributed by atoms with Crippen LogP contribution in [0.5, 0.6) is 5.75 Å².